The van der Waals surface area contributed by atoms with Crippen LogP contribution in [0, 0.1) is 17.8 Å². The van der Waals surface area contributed by atoms with Gasteiger partial charge in [-0.3, -0.25) is 9.59 Å². The second kappa shape index (κ2) is 6.27. The lowest BCUT2D eigenvalue weighted by atomic mass is 9.86. The predicted octanol–water partition coefficient (Wildman–Crippen LogP) is 2.86. The fourth-order valence-corrected chi connectivity index (χ4v) is 5.39. The number of nitrogens with zero attached hydrogens (tertiary/aromatic N) is 2. The van der Waals surface area contributed by atoms with E-state index in [0.29, 0.717) is 38.0 Å². The topological polar surface area (TPSA) is 40.6 Å². The van der Waals surface area contributed by atoms with E-state index in [2.05, 4.69) is 0 Å². The highest BCUT2D eigenvalue weighted by Gasteiger charge is 2.40. The van der Waals surface area contributed by atoms with Crippen molar-refractivity contribution in [2.24, 2.45) is 17.8 Å². The first kappa shape index (κ1) is 15.2. The Morgan fingerprint density at radius 2 is 1.87 bits per heavy atom. The summed E-state index contributed by atoms with van der Waals surface area (Å²) in [6.07, 6.45) is 6.10. The summed E-state index contributed by atoms with van der Waals surface area (Å²) in [5, 5.41) is 1.93. The number of amides is 2. The Bertz CT molecular complexity index is 578. The maximum absolute atomic E-state index is 12.6. The predicted molar refractivity (Wildman–Crippen MR) is 90.4 cm³/mol. The number of thiophene rings is 1. The van der Waals surface area contributed by atoms with Gasteiger partial charge in [-0.25, -0.2) is 0 Å². The molecule has 3 fully saturated rings. The summed E-state index contributed by atoms with van der Waals surface area (Å²) in [6, 6.07) is 3.78. The summed E-state index contributed by atoms with van der Waals surface area (Å²) in [5.74, 6) is 2.77. The summed E-state index contributed by atoms with van der Waals surface area (Å²) >= 11 is 1.49. The van der Waals surface area contributed by atoms with Gasteiger partial charge in [0.1, 0.15) is 0 Å². The molecule has 0 aromatic carbocycles. The molecule has 2 bridgehead atoms. The number of rotatable bonds is 3. The van der Waals surface area contributed by atoms with Gasteiger partial charge in [0, 0.05) is 32.6 Å². The molecule has 0 radical (unpaired) electrons. The smallest absolute Gasteiger partial charge is 0.264 e. The Balaban J connectivity index is 1.28. The molecule has 23 heavy (non-hydrogen) atoms. The number of piperazine rings is 1. The van der Waals surface area contributed by atoms with E-state index < -0.39 is 0 Å². The van der Waals surface area contributed by atoms with Crippen LogP contribution in [0.5, 0.6) is 0 Å². The SMILES string of the molecule is O=C(C[C@H]1C[C@@H]2CC[C@@H]1C2)N1CCN(C(=O)c2cccs2)CC1. The molecule has 2 amide bonds. The Morgan fingerprint density at radius 1 is 1.09 bits per heavy atom. The van der Waals surface area contributed by atoms with E-state index in [9.17, 15) is 9.59 Å². The van der Waals surface area contributed by atoms with Gasteiger partial charge >= 0.3 is 0 Å². The zero-order valence-electron chi connectivity index (χ0n) is 13.4. The van der Waals surface area contributed by atoms with E-state index in [4.69, 9.17) is 0 Å². The molecule has 1 aromatic heterocycles. The molecule has 124 valence electrons. The maximum Gasteiger partial charge on any atom is 0.264 e. The summed E-state index contributed by atoms with van der Waals surface area (Å²) in [4.78, 5) is 29.6. The van der Waals surface area contributed by atoms with Crippen molar-refractivity contribution in [3.63, 3.8) is 0 Å². The highest BCUT2D eigenvalue weighted by molar-refractivity contribution is 7.12. The van der Waals surface area contributed by atoms with E-state index in [1.165, 1.54) is 37.0 Å². The first-order chi connectivity index (χ1) is 11.2. The summed E-state index contributed by atoms with van der Waals surface area (Å²) < 4.78 is 0. The van der Waals surface area contributed by atoms with Crippen molar-refractivity contribution in [3.05, 3.63) is 22.4 Å². The molecule has 2 aliphatic carbocycles. The van der Waals surface area contributed by atoms with Crippen LogP contribution < -0.4 is 0 Å². The molecule has 0 unspecified atom stereocenters. The van der Waals surface area contributed by atoms with Crippen LogP contribution in [0.4, 0.5) is 0 Å². The van der Waals surface area contributed by atoms with Crippen LogP contribution in [0.2, 0.25) is 0 Å². The third-order valence-electron chi connectivity index (χ3n) is 5.97. The zero-order chi connectivity index (χ0) is 15.8. The minimum atomic E-state index is 0.111. The molecule has 0 N–H and O–H groups in total. The monoisotopic (exact) mass is 332 g/mol. The number of fused-ring (bicyclic) bond motifs is 2. The number of hydrogen-bond acceptors (Lipinski definition) is 3. The molecule has 3 aliphatic rings. The van der Waals surface area contributed by atoms with Crippen molar-refractivity contribution in [1.82, 2.24) is 9.80 Å². The van der Waals surface area contributed by atoms with Crippen molar-refractivity contribution in [3.8, 4) is 0 Å². The minimum Gasteiger partial charge on any atom is -0.339 e. The van der Waals surface area contributed by atoms with Crippen LogP contribution in [0.25, 0.3) is 0 Å². The highest BCUT2D eigenvalue weighted by atomic mass is 32.1. The Hall–Kier alpha value is -1.36. The van der Waals surface area contributed by atoms with Crippen LogP contribution in [0.1, 0.15) is 41.8 Å². The van der Waals surface area contributed by atoms with Crippen LogP contribution in [0.15, 0.2) is 17.5 Å². The second-order valence-corrected chi connectivity index (χ2v) is 8.24. The largest absolute Gasteiger partial charge is 0.339 e. The average molecular weight is 332 g/mol. The molecule has 1 aromatic rings. The van der Waals surface area contributed by atoms with E-state index in [1.807, 2.05) is 27.3 Å². The minimum absolute atomic E-state index is 0.111. The Kier molecular flexibility index (Phi) is 4.14. The molecular formula is C18H24N2O2S. The van der Waals surface area contributed by atoms with Crippen LogP contribution in [0.3, 0.4) is 0 Å². The van der Waals surface area contributed by atoms with Gasteiger partial charge in [0.25, 0.3) is 5.91 Å². The van der Waals surface area contributed by atoms with Crippen LogP contribution >= 0.6 is 11.3 Å². The molecule has 3 atom stereocenters. The highest BCUT2D eigenvalue weighted by Crippen LogP contribution is 2.49. The van der Waals surface area contributed by atoms with E-state index in [0.717, 1.165) is 23.1 Å². The maximum atomic E-state index is 12.6. The van der Waals surface area contributed by atoms with Gasteiger partial charge in [0.05, 0.1) is 4.88 Å². The van der Waals surface area contributed by atoms with Gasteiger partial charge in [-0.05, 0) is 48.5 Å². The van der Waals surface area contributed by atoms with Gasteiger partial charge in [0.15, 0.2) is 0 Å². The van der Waals surface area contributed by atoms with E-state index >= 15 is 0 Å². The van der Waals surface area contributed by atoms with E-state index in [1.54, 1.807) is 0 Å². The molecule has 2 heterocycles. The molecule has 0 spiro atoms. The fourth-order valence-electron chi connectivity index (χ4n) is 4.69. The number of carbonyl (C=O) groups is 2. The molecule has 1 aliphatic heterocycles. The van der Waals surface area contributed by atoms with Crippen molar-refractivity contribution < 1.29 is 9.59 Å². The fraction of sp³-hybridized carbons (Fsp3) is 0.667. The molecule has 4 nitrogen and oxygen atoms in total. The molecule has 1 saturated heterocycles. The number of carbonyl (C=O) groups excluding carboxylic acids is 2. The van der Waals surface area contributed by atoms with Crippen LogP contribution in [-0.4, -0.2) is 47.8 Å². The van der Waals surface area contributed by atoms with Gasteiger partial charge in [-0.15, -0.1) is 11.3 Å². The van der Waals surface area contributed by atoms with Crippen molar-refractivity contribution in [1.29, 1.82) is 0 Å². The van der Waals surface area contributed by atoms with Crippen LogP contribution in [-0.2, 0) is 4.79 Å². The molecular weight excluding hydrogens is 308 g/mol. The lowest BCUT2D eigenvalue weighted by molar-refractivity contribution is -0.134. The van der Waals surface area contributed by atoms with Gasteiger partial charge in [-0.1, -0.05) is 12.5 Å². The molecule has 5 heteroatoms. The summed E-state index contributed by atoms with van der Waals surface area (Å²) in [7, 11) is 0. The summed E-state index contributed by atoms with van der Waals surface area (Å²) in [5.41, 5.74) is 0. The zero-order valence-corrected chi connectivity index (χ0v) is 14.3. The quantitative estimate of drug-likeness (QED) is 0.854. The second-order valence-electron chi connectivity index (χ2n) is 7.29. The van der Waals surface area contributed by atoms with Crippen molar-refractivity contribution in [2.45, 2.75) is 32.1 Å². The van der Waals surface area contributed by atoms with Crippen molar-refractivity contribution in [2.75, 3.05) is 26.2 Å². The van der Waals surface area contributed by atoms with Gasteiger partial charge in [0.2, 0.25) is 5.91 Å². The lowest BCUT2D eigenvalue weighted by Gasteiger charge is -2.35. The standard InChI is InChI=1S/C18H24N2O2S/c21-17(12-15-11-13-3-4-14(15)10-13)19-5-7-20(8-6-19)18(22)16-2-1-9-23-16/h1-2,9,13-15H,3-8,10-12H2/t13-,14-,15-/m1/s1. The van der Waals surface area contributed by atoms with Crippen molar-refractivity contribution >= 4 is 23.2 Å². The summed E-state index contributed by atoms with van der Waals surface area (Å²) in [6.45, 7) is 2.71. The van der Waals surface area contributed by atoms with E-state index in [-0.39, 0.29) is 5.91 Å². The van der Waals surface area contributed by atoms with Gasteiger partial charge < -0.3 is 9.80 Å². The molecule has 4 rings (SSSR count). The van der Waals surface area contributed by atoms with Gasteiger partial charge in [-0.2, -0.15) is 0 Å². The number of hydrogen-bond donors (Lipinski definition) is 0. The first-order valence-electron chi connectivity index (χ1n) is 8.81. The average Bonchev–Trinajstić information content (AvgIpc) is 3.32. The Labute approximate surface area is 141 Å². The third kappa shape index (κ3) is 3.03. The molecule has 2 saturated carbocycles. The lowest BCUT2D eigenvalue weighted by Crippen LogP contribution is -2.50. The normalized spacial score (nSPS) is 30.0. The Morgan fingerprint density at radius 3 is 2.48 bits per heavy atom. The third-order valence-corrected chi connectivity index (χ3v) is 6.83. The first-order valence-corrected chi connectivity index (χ1v) is 9.69.